The van der Waals surface area contributed by atoms with Crippen LogP contribution in [-0.4, -0.2) is 16.7 Å². The molecule has 0 saturated heterocycles. The molecule has 17 heavy (non-hydrogen) atoms. The number of halogens is 1. The highest BCUT2D eigenvalue weighted by molar-refractivity contribution is 9.10. The molecule has 0 fully saturated rings. The highest BCUT2D eigenvalue weighted by atomic mass is 79.9. The van der Waals surface area contributed by atoms with E-state index in [0.717, 1.165) is 23.0 Å². The van der Waals surface area contributed by atoms with E-state index in [-0.39, 0.29) is 0 Å². The second-order valence-corrected chi connectivity index (χ2v) is 4.60. The summed E-state index contributed by atoms with van der Waals surface area (Å²) in [6.45, 7) is 3.69. The maximum atomic E-state index is 5.57. The van der Waals surface area contributed by atoms with Crippen LogP contribution >= 0.6 is 15.9 Å². The first-order valence-corrected chi connectivity index (χ1v) is 6.38. The maximum Gasteiger partial charge on any atom is 0.247 e. The summed E-state index contributed by atoms with van der Waals surface area (Å²) in [6.07, 6.45) is 1.09. The van der Waals surface area contributed by atoms with Crippen LogP contribution in [-0.2, 0) is 6.54 Å². The van der Waals surface area contributed by atoms with Crippen LogP contribution in [0.25, 0.3) is 11.5 Å². The number of nitrogens with zero attached hydrogens (tertiary/aromatic N) is 2. The van der Waals surface area contributed by atoms with Crippen molar-refractivity contribution in [2.24, 2.45) is 0 Å². The second kappa shape index (κ2) is 5.93. The van der Waals surface area contributed by atoms with Gasteiger partial charge >= 0.3 is 0 Å². The third kappa shape index (κ3) is 3.38. The third-order valence-corrected chi connectivity index (χ3v) is 2.73. The zero-order chi connectivity index (χ0) is 12.1. The molecular formula is C12H14BrN3O. The van der Waals surface area contributed by atoms with E-state index in [0.29, 0.717) is 18.3 Å². The van der Waals surface area contributed by atoms with Gasteiger partial charge in [-0.15, -0.1) is 10.2 Å². The van der Waals surface area contributed by atoms with E-state index in [9.17, 15) is 0 Å². The first-order valence-electron chi connectivity index (χ1n) is 5.58. The Bertz CT molecular complexity index is 484. The molecule has 0 unspecified atom stereocenters. The van der Waals surface area contributed by atoms with Crippen LogP contribution in [0, 0.1) is 0 Å². The van der Waals surface area contributed by atoms with Crippen molar-refractivity contribution in [1.29, 1.82) is 0 Å². The number of nitrogens with one attached hydrogen (secondary N) is 1. The van der Waals surface area contributed by atoms with Gasteiger partial charge in [0.15, 0.2) is 0 Å². The van der Waals surface area contributed by atoms with Gasteiger partial charge in [0.25, 0.3) is 0 Å². The van der Waals surface area contributed by atoms with E-state index in [1.54, 1.807) is 0 Å². The fourth-order valence-corrected chi connectivity index (χ4v) is 1.83. The Morgan fingerprint density at radius 2 is 2.24 bits per heavy atom. The highest BCUT2D eigenvalue weighted by Crippen LogP contribution is 2.21. The molecule has 0 aliphatic rings. The quantitative estimate of drug-likeness (QED) is 0.862. The minimum Gasteiger partial charge on any atom is -0.419 e. The molecule has 1 aromatic heterocycles. The fraction of sp³-hybridized carbons (Fsp3) is 0.333. The predicted molar refractivity (Wildman–Crippen MR) is 69.4 cm³/mol. The molecular weight excluding hydrogens is 282 g/mol. The molecule has 4 nitrogen and oxygen atoms in total. The van der Waals surface area contributed by atoms with Crippen LogP contribution in [0.2, 0.25) is 0 Å². The van der Waals surface area contributed by atoms with E-state index < -0.39 is 0 Å². The van der Waals surface area contributed by atoms with Gasteiger partial charge in [-0.05, 0) is 31.2 Å². The second-order valence-electron chi connectivity index (χ2n) is 3.69. The van der Waals surface area contributed by atoms with Crippen LogP contribution in [0.1, 0.15) is 19.2 Å². The summed E-state index contributed by atoms with van der Waals surface area (Å²) in [5, 5.41) is 11.3. The lowest BCUT2D eigenvalue weighted by Gasteiger charge is -1.97. The molecule has 0 aliphatic heterocycles. The molecule has 0 aliphatic carbocycles. The number of rotatable bonds is 5. The average molecular weight is 296 g/mol. The normalized spacial score (nSPS) is 10.7. The molecule has 0 saturated carbocycles. The summed E-state index contributed by atoms with van der Waals surface area (Å²) in [6, 6.07) is 7.81. The first-order chi connectivity index (χ1) is 8.29. The Balaban J connectivity index is 2.07. The van der Waals surface area contributed by atoms with Gasteiger partial charge in [0.1, 0.15) is 0 Å². The fourth-order valence-electron chi connectivity index (χ4n) is 1.44. The lowest BCUT2D eigenvalue weighted by molar-refractivity contribution is 0.477. The van der Waals surface area contributed by atoms with E-state index in [1.165, 1.54) is 0 Å². The van der Waals surface area contributed by atoms with Gasteiger partial charge in [-0.25, -0.2) is 0 Å². The summed E-state index contributed by atoms with van der Waals surface area (Å²) in [7, 11) is 0. The van der Waals surface area contributed by atoms with Crippen molar-refractivity contribution in [3.05, 3.63) is 34.6 Å². The van der Waals surface area contributed by atoms with Crippen LogP contribution < -0.4 is 5.32 Å². The molecule has 0 amide bonds. The molecule has 90 valence electrons. The molecule has 1 heterocycles. The molecule has 0 bridgehead atoms. The SMILES string of the molecule is CCCNCc1nnc(-c2cccc(Br)c2)o1. The largest absolute Gasteiger partial charge is 0.419 e. The van der Waals surface area contributed by atoms with Crippen LogP contribution in [0.15, 0.2) is 33.2 Å². The van der Waals surface area contributed by atoms with E-state index in [2.05, 4.69) is 38.4 Å². The van der Waals surface area contributed by atoms with Crippen molar-refractivity contribution in [3.63, 3.8) is 0 Å². The van der Waals surface area contributed by atoms with Gasteiger partial charge < -0.3 is 9.73 Å². The highest BCUT2D eigenvalue weighted by Gasteiger charge is 2.07. The Hall–Kier alpha value is -1.20. The van der Waals surface area contributed by atoms with Crippen LogP contribution in [0.5, 0.6) is 0 Å². The van der Waals surface area contributed by atoms with Crippen LogP contribution in [0.3, 0.4) is 0 Å². The minimum absolute atomic E-state index is 0.555. The van der Waals surface area contributed by atoms with E-state index in [1.807, 2.05) is 24.3 Å². The van der Waals surface area contributed by atoms with Gasteiger partial charge in [0.2, 0.25) is 11.8 Å². The van der Waals surface area contributed by atoms with Crippen molar-refractivity contribution in [2.75, 3.05) is 6.54 Å². The Morgan fingerprint density at radius 1 is 1.35 bits per heavy atom. The van der Waals surface area contributed by atoms with Crippen molar-refractivity contribution in [1.82, 2.24) is 15.5 Å². The minimum atomic E-state index is 0.555. The standard InChI is InChI=1S/C12H14BrN3O/c1-2-6-14-8-11-15-16-12(17-11)9-4-3-5-10(13)7-9/h3-5,7,14H,2,6,8H2,1H3. The molecule has 1 N–H and O–H groups in total. The zero-order valence-corrected chi connectivity index (χ0v) is 11.2. The molecule has 0 spiro atoms. The molecule has 2 aromatic rings. The third-order valence-electron chi connectivity index (χ3n) is 2.24. The summed E-state index contributed by atoms with van der Waals surface area (Å²) in [4.78, 5) is 0. The topological polar surface area (TPSA) is 51.0 Å². The summed E-state index contributed by atoms with van der Waals surface area (Å²) in [5.41, 5.74) is 0.925. The lowest BCUT2D eigenvalue weighted by atomic mass is 10.2. The number of hydrogen-bond acceptors (Lipinski definition) is 4. The number of aromatic nitrogens is 2. The Morgan fingerprint density at radius 3 is 3.00 bits per heavy atom. The van der Waals surface area contributed by atoms with Crippen molar-refractivity contribution in [3.8, 4) is 11.5 Å². The smallest absolute Gasteiger partial charge is 0.247 e. The predicted octanol–water partition coefficient (Wildman–Crippen LogP) is 3.00. The molecule has 0 radical (unpaired) electrons. The summed E-state index contributed by atoms with van der Waals surface area (Å²) in [5.74, 6) is 1.17. The molecule has 2 rings (SSSR count). The van der Waals surface area contributed by atoms with Crippen molar-refractivity contribution >= 4 is 15.9 Å². The average Bonchev–Trinajstić information content (AvgIpc) is 2.78. The lowest BCUT2D eigenvalue weighted by Crippen LogP contribution is -2.13. The zero-order valence-electron chi connectivity index (χ0n) is 9.61. The Labute approximate surface area is 109 Å². The van der Waals surface area contributed by atoms with Crippen molar-refractivity contribution in [2.45, 2.75) is 19.9 Å². The summed E-state index contributed by atoms with van der Waals surface area (Å²) < 4.78 is 6.56. The summed E-state index contributed by atoms with van der Waals surface area (Å²) >= 11 is 3.42. The first kappa shape index (κ1) is 12.3. The van der Waals surface area contributed by atoms with Gasteiger partial charge in [0, 0.05) is 10.0 Å². The number of benzene rings is 1. The molecule has 0 atom stereocenters. The van der Waals surface area contributed by atoms with Gasteiger partial charge in [-0.3, -0.25) is 0 Å². The van der Waals surface area contributed by atoms with Gasteiger partial charge in [-0.1, -0.05) is 28.9 Å². The number of hydrogen-bond donors (Lipinski definition) is 1. The van der Waals surface area contributed by atoms with Gasteiger partial charge in [0.05, 0.1) is 6.54 Å². The Kier molecular flexibility index (Phi) is 4.28. The van der Waals surface area contributed by atoms with Crippen LogP contribution in [0.4, 0.5) is 0 Å². The van der Waals surface area contributed by atoms with E-state index in [4.69, 9.17) is 4.42 Å². The van der Waals surface area contributed by atoms with E-state index >= 15 is 0 Å². The molecule has 1 aromatic carbocycles. The van der Waals surface area contributed by atoms with Crippen molar-refractivity contribution < 1.29 is 4.42 Å². The van der Waals surface area contributed by atoms with Gasteiger partial charge in [-0.2, -0.15) is 0 Å². The molecule has 5 heteroatoms. The maximum absolute atomic E-state index is 5.57. The monoisotopic (exact) mass is 295 g/mol.